The Morgan fingerprint density at radius 3 is 2.44 bits per heavy atom. The van der Waals surface area contributed by atoms with Crippen molar-refractivity contribution < 1.29 is 9.59 Å². The molecule has 0 spiro atoms. The third kappa shape index (κ3) is 1.87. The van der Waals surface area contributed by atoms with Crippen LogP contribution in [0.5, 0.6) is 0 Å². The van der Waals surface area contributed by atoms with Gasteiger partial charge in [-0.25, -0.2) is 0 Å². The lowest BCUT2D eigenvalue weighted by Crippen LogP contribution is -2.45. The molecule has 4 nitrogen and oxygen atoms in total. The second-order valence-corrected chi connectivity index (χ2v) is 5.73. The Morgan fingerprint density at radius 1 is 1.28 bits per heavy atom. The highest BCUT2D eigenvalue weighted by Gasteiger charge is 2.52. The van der Waals surface area contributed by atoms with Crippen molar-refractivity contribution in [3.63, 3.8) is 0 Å². The zero-order chi connectivity index (χ0) is 13.3. The van der Waals surface area contributed by atoms with Crippen molar-refractivity contribution >= 4 is 11.8 Å². The van der Waals surface area contributed by atoms with Crippen molar-refractivity contribution in [2.75, 3.05) is 6.54 Å². The third-order valence-corrected chi connectivity index (χ3v) is 5.04. The molecule has 1 saturated carbocycles. The maximum absolute atomic E-state index is 12.6. The summed E-state index contributed by atoms with van der Waals surface area (Å²) in [4.78, 5) is 26.4. The van der Waals surface area contributed by atoms with Gasteiger partial charge in [0.05, 0.1) is 5.41 Å². The van der Waals surface area contributed by atoms with Crippen LogP contribution < -0.4 is 5.73 Å². The summed E-state index contributed by atoms with van der Waals surface area (Å²) < 4.78 is 0. The Balaban J connectivity index is 2.24. The SMILES string of the molecule is CCC1(CC)CC(=O)N(C2CCCC2CN)C1=O. The lowest BCUT2D eigenvalue weighted by molar-refractivity contribution is -0.145. The number of likely N-dealkylation sites (tertiary alicyclic amines) is 1. The van der Waals surface area contributed by atoms with Crippen molar-refractivity contribution in [1.29, 1.82) is 0 Å². The number of amides is 2. The zero-order valence-corrected chi connectivity index (χ0v) is 11.4. The van der Waals surface area contributed by atoms with E-state index in [1.807, 2.05) is 13.8 Å². The van der Waals surface area contributed by atoms with E-state index in [9.17, 15) is 9.59 Å². The van der Waals surface area contributed by atoms with Crippen LogP contribution in [0.2, 0.25) is 0 Å². The summed E-state index contributed by atoms with van der Waals surface area (Å²) in [5, 5.41) is 0. The highest BCUT2D eigenvalue weighted by atomic mass is 16.2. The molecule has 1 heterocycles. The van der Waals surface area contributed by atoms with Gasteiger partial charge in [0, 0.05) is 12.5 Å². The second-order valence-electron chi connectivity index (χ2n) is 5.73. The first-order valence-corrected chi connectivity index (χ1v) is 7.16. The smallest absolute Gasteiger partial charge is 0.236 e. The summed E-state index contributed by atoms with van der Waals surface area (Å²) in [5.74, 6) is 0.388. The lowest BCUT2D eigenvalue weighted by atomic mass is 9.81. The molecular weight excluding hydrogens is 228 g/mol. The molecule has 4 heteroatoms. The Hall–Kier alpha value is -0.900. The van der Waals surface area contributed by atoms with Crippen LogP contribution in [0.1, 0.15) is 52.4 Å². The van der Waals surface area contributed by atoms with Gasteiger partial charge in [0.2, 0.25) is 11.8 Å². The maximum atomic E-state index is 12.6. The van der Waals surface area contributed by atoms with Gasteiger partial charge in [-0.05, 0) is 38.1 Å². The lowest BCUT2D eigenvalue weighted by Gasteiger charge is -2.30. The molecule has 18 heavy (non-hydrogen) atoms. The monoisotopic (exact) mass is 252 g/mol. The van der Waals surface area contributed by atoms with Gasteiger partial charge in [-0.3, -0.25) is 14.5 Å². The molecule has 1 aliphatic carbocycles. The molecule has 2 N–H and O–H groups in total. The number of carbonyl (C=O) groups is 2. The van der Waals surface area contributed by atoms with Crippen molar-refractivity contribution in [3.05, 3.63) is 0 Å². The number of rotatable bonds is 4. The Morgan fingerprint density at radius 2 is 1.94 bits per heavy atom. The molecule has 2 fully saturated rings. The molecule has 1 saturated heterocycles. The van der Waals surface area contributed by atoms with Gasteiger partial charge < -0.3 is 5.73 Å². The van der Waals surface area contributed by atoms with E-state index in [1.165, 1.54) is 0 Å². The highest BCUT2D eigenvalue weighted by Crippen LogP contribution is 2.43. The quantitative estimate of drug-likeness (QED) is 0.774. The van der Waals surface area contributed by atoms with Crippen LogP contribution in [-0.4, -0.2) is 29.3 Å². The van der Waals surface area contributed by atoms with Crippen LogP contribution in [-0.2, 0) is 9.59 Å². The maximum Gasteiger partial charge on any atom is 0.236 e. The molecule has 1 aliphatic heterocycles. The molecule has 2 aliphatic rings. The first kappa shape index (κ1) is 13.5. The number of hydrogen-bond donors (Lipinski definition) is 1. The van der Waals surface area contributed by atoms with Gasteiger partial charge in [-0.1, -0.05) is 20.3 Å². The molecule has 0 aromatic heterocycles. The summed E-state index contributed by atoms with van der Waals surface area (Å²) in [6.45, 7) is 4.59. The fourth-order valence-corrected chi connectivity index (χ4v) is 3.59. The minimum absolute atomic E-state index is 0.0223. The first-order valence-electron chi connectivity index (χ1n) is 7.16. The van der Waals surface area contributed by atoms with E-state index in [4.69, 9.17) is 5.73 Å². The molecule has 2 amide bonds. The average Bonchev–Trinajstić information content (AvgIpc) is 2.92. The molecule has 0 aromatic carbocycles. The molecule has 2 rings (SSSR count). The van der Waals surface area contributed by atoms with Crippen LogP contribution in [0.4, 0.5) is 0 Å². The third-order valence-electron chi connectivity index (χ3n) is 5.04. The minimum atomic E-state index is -0.432. The van der Waals surface area contributed by atoms with Gasteiger partial charge in [0.15, 0.2) is 0 Å². The highest BCUT2D eigenvalue weighted by molar-refractivity contribution is 6.06. The Kier molecular flexibility index (Phi) is 3.76. The summed E-state index contributed by atoms with van der Waals surface area (Å²) in [5.41, 5.74) is 5.33. The van der Waals surface area contributed by atoms with E-state index >= 15 is 0 Å². The van der Waals surface area contributed by atoms with Gasteiger partial charge in [0.25, 0.3) is 0 Å². The first-order chi connectivity index (χ1) is 8.59. The summed E-state index contributed by atoms with van der Waals surface area (Å²) in [6, 6.07) is 0.0648. The minimum Gasteiger partial charge on any atom is -0.330 e. The fourth-order valence-electron chi connectivity index (χ4n) is 3.59. The van der Waals surface area contributed by atoms with Gasteiger partial charge in [-0.2, -0.15) is 0 Å². The zero-order valence-electron chi connectivity index (χ0n) is 11.4. The molecule has 0 radical (unpaired) electrons. The van der Waals surface area contributed by atoms with E-state index in [0.717, 1.165) is 32.1 Å². The van der Waals surface area contributed by atoms with Crippen LogP contribution in [0.15, 0.2) is 0 Å². The standard InChI is InChI=1S/C14H24N2O2/c1-3-14(4-2)8-12(17)16(13(14)18)11-7-5-6-10(11)9-15/h10-11H,3-9,15H2,1-2H3. The number of carbonyl (C=O) groups excluding carboxylic acids is 2. The van der Waals surface area contributed by atoms with Gasteiger partial charge in [-0.15, -0.1) is 0 Å². The Labute approximate surface area is 109 Å². The molecular formula is C14H24N2O2. The average molecular weight is 252 g/mol. The van der Waals surface area contributed by atoms with Gasteiger partial charge in [0.1, 0.15) is 0 Å². The summed E-state index contributed by atoms with van der Waals surface area (Å²) >= 11 is 0. The molecule has 0 bridgehead atoms. The van der Waals surface area contributed by atoms with Crippen LogP contribution >= 0.6 is 0 Å². The number of nitrogens with two attached hydrogens (primary N) is 1. The summed E-state index contributed by atoms with van der Waals surface area (Å²) in [7, 11) is 0. The topological polar surface area (TPSA) is 63.4 Å². The largest absolute Gasteiger partial charge is 0.330 e. The van der Waals surface area contributed by atoms with Crippen molar-refractivity contribution in [1.82, 2.24) is 4.90 Å². The van der Waals surface area contributed by atoms with Crippen LogP contribution in [0.25, 0.3) is 0 Å². The Bertz CT molecular complexity index is 350. The normalized spacial score (nSPS) is 31.4. The van der Waals surface area contributed by atoms with Gasteiger partial charge >= 0.3 is 0 Å². The molecule has 2 unspecified atom stereocenters. The summed E-state index contributed by atoms with van der Waals surface area (Å²) in [6.07, 6.45) is 4.96. The fraction of sp³-hybridized carbons (Fsp3) is 0.857. The van der Waals surface area contributed by atoms with E-state index in [1.54, 1.807) is 4.90 Å². The van der Waals surface area contributed by atoms with E-state index in [2.05, 4.69) is 0 Å². The van der Waals surface area contributed by atoms with Crippen molar-refractivity contribution in [2.45, 2.75) is 58.4 Å². The van der Waals surface area contributed by atoms with E-state index < -0.39 is 5.41 Å². The second kappa shape index (κ2) is 5.00. The predicted molar refractivity (Wildman–Crippen MR) is 69.7 cm³/mol. The number of hydrogen-bond acceptors (Lipinski definition) is 3. The number of imide groups is 1. The molecule has 102 valence electrons. The van der Waals surface area contributed by atoms with E-state index in [-0.39, 0.29) is 17.9 Å². The number of nitrogens with zero attached hydrogens (tertiary/aromatic N) is 1. The van der Waals surface area contributed by atoms with Crippen LogP contribution in [0, 0.1) is 11.3 Å². The van der Waals surface area contributed by atoms with Crippen molar-refractivity contribution in [2.24, 2.45) is 17.1 Å². The molecule has 2 atom stereocenters. The van der Waals surface area contributed by atoms with Crippen molar-refractivity contribution in [3.8, 4) is 0 Å². The predicted octanol–water partition coefficient (Wildman–Crippen LogP) is 1.68. The van der Waals surface area contributed by atoms with Crippen LogP contribution in [0.3, 0.4) is 0 Å². The molecule has 0 aromatic rings. The van der Waals surface area contributed by atoms with E-state index in [0.29, 0.717) is 18.9 Å².